The van der Waals surface area contributed by atoms with E-state index in [1.165, 1.54) is 22.6 Å². The van der Waals surface area contributed by atoms with Crippen LogP contribution in [0.4, 0.5) is 5.00 Å². The number of hydroxylamine groups is 1. The number of anilines is 1. The van der Waals surface area contributed by atoms with Crippen molar-refractivity contribution in [2.24, 2.45) is 0 Å². The number of aromatic nitrogens is 3. The Bertz CT molecular complexity index is 1360. The van der Waals surface area contributed by atoms with Crippen molar-refractivity contribution in [2.75, 3.05) is 32.4 Å². The topological polar surface area (TPSA) is 107 Å². The van der Waals surface area contributed by atoms with Crippen molar-refractivity contribution < 1.29 is 9.94 Å². The quantitative estimate of drug-likeness (QED) is 0.228. The van der Waals surface area contributed by atoms with Crippen LogP contribution >= 0.6 is 11.3 Å². The van der Waals surface area contributed by atoms with Crippen molar-refractivity contribution in [3.05, 3.63) is 53.9 Å². The van der Waals surface area contributed by atoms with Gasteiger partial charge in [0.25, 0.3) is 0 Å². The van der Waals surface area contributed by atoms with E-state index in [1.54, 1.807) is 25.6 Å². The lowest BCUT2D eigenvalue weighted by molar-refractivity contribution is 0.167. The normalized spacial score (nSPS) is 12.0. The molecule has 0 bridgehead atoms. The molecule has 3 N–H and O–H groups in total. The highest BCUT2D eigenvalue weighted by Gasteiger charge is 2.24. The first-order chi connectivity index (χ1) is 16.5. The maximum atomic E-state index is 10.8. The van der Waals surface area contributed by atoms with E-state index < -0.39 is 0 Å². The summed E-state index contributed by atoms with van der Waals surface area (Å²) in [6.45, 7) is 4.95. The molecule has 4 aromatic heterocycles. The third kappa shape index (κ3) is 4.50. The van der Waals surface area contributed by atoms with E-state index >= 15 is 0 Å². The molecule has 0 saturated heterocycles. The number of fused-ring (bicyclic) bond motifs is 2. The summed E-state index contributed by atoms with van der Waals surface area (Å²) in [5.41, 5.74) is 5.93. The molecule has 4 aromatic rings. The van der Waals surface area contributed by atoms with Gasteiger partial charge < -0.3 is 15.5 Å². The third-order valence-corrected chi connectivity index (χ3v) is 6.67. The fraction of sp³-hybridized carbons (Fsp3) is 0.280. The lowest BCUT2D eigenvalue weighted by Gasteiger charge is -2.19. The van der Waals surface area contributed by atoms with E-state index in [-0.39, 0.29) is 5.92 Å². The molecule has 4 rings (SSSR count). The van der Waals surface area contributed by atoms with Gasteiger partial charge >= 0.3 is 0 Å². The Kier molecular flexibility index (Phi) is 7.16. The number of thiophene rings is 1. The van der Waals surface area contributed by atoms with Crippen molar-refractivity contribution in [3.8, 4) is 11.3 Å². The van der Waals surface area contributed by atoms with Gasteiger partial charge in [-0.1, -0.05) is 25.2 Å². The number of nitrogens with one attached hydrogen (secondary N) is 2. The second-order valence-electron chi connectivity index (χ2n) is 8.09. The predicted octanol–water partition coefficient (Wildman–Crippen LogP) is 5.08. The lowest BCUT2D eigenvalue weighted by atomic mass is 9.96. The zero-order chi connectivity index (χ0) is 24.2. The van der Waals surface area contributed by atoms with Crippen molar-refractivity contribution in [3.63, 3.8) is 0 Å². The van der Waals surface area contributed by atoms with Crippen molar-refractivity contribution in [1.29, 1.82) is 5.41 Å². The van der Waals surface area contributed by atoms with Crippen LogP contribution in [0, 0.1) is 5.41 Å². The first kappa shape index (κ1) is 23.7. The zero-order valence-electron chi connectivity index (χ0n) is 19.7. The number of hydrogen-bond donors (Lipinski definition) is 3. The van der Waals surface area contributed by atoms with Gasteiger partial charge in [-0.2, -0.15) is 0 Å². The zero-order valence-corrected chi connectivity index (χ0v) is 20.5. The van der Waals surface area contributed by atoms with E-state index in [0.717, 1.165) is 54.3 Å². The molecule has 0 atom stereocenters. The molecule has 0 fully saturated rings. The summed E-state index contributed by atoms with van der Waals surface area (Å²) in [6, 6.07) is 7.79. The van der Waals surface area contributed by atoms with E-state index in [1.807, 2.05) is 31.3 Å². The van der Waals surface area contributed by atoms with Crippen LogP contribution in [0.25, 0.3) is 38.2 Å². The highest BCUT2D eigenvalue weighted by atomic mass is 32.1. The minimum atomic E-state index is 0.136. The number of ether oxygens (including phenoxy) is 1. The number of methoxy groups -OCH3 is 1. The van der Waals surface area contributed by atoms with Crippen LogP contribution in [0.2, 0.25) is 0 Å². The van der Waals surface area contributed by atoms with Gasteiger partial charge in [0.1, 0.15) is 9.83 Å². The standard InChI is InChI=1S/C25H28N6O2S/c1-15(2)22-23-17(18(27-3)7-8-26)13-20(16-12-21-19(29-14-16)6-5-9-28-21)30-24(23)34-25(22)31(32)10-11-33-4/h5-9,12-15,26-27,32H,10-11H2,1-4H3/b18-7-,26-8?. The first-order valence-electron chi connectivity index (χ1n) is 11.0. The Morgan fingerprint density at radius 2 is 2.12 bits per heavy atom. The molecule has 0 aliphatic carbocycles. The number of nitrogens with zero attached hydrogens (tertiary/aromatic N) is 4. The van der Waals surface area contributed by atoms with Crippen LogP contribution in [0.1, 0.15) is 30.9 Å². The molecule has 0 unspecified atom stereocenters. The monoisotopic (exact) mass is 476 g/mol. The fourth-order valence-corrected chi connectivity index (χ4v) is 5.25. The molecular weight excluding hydrogens is 448 g/mol. The summed E-state index contributed by atoms with van der Waals surface area (Å²) >= 11 is 1.44. The summed E-state index contributed by atoms with van der Waals surface area (Å²) in [6.07, 6.45) is 6.54. The average Bonchev–Trinajstić information content (AvgIpc) is 3.25. The Labute approximate surface area is 202 Å². The Morgan fingerprint density at radius 1 is 1.29 bits per heavy atom. The van der Waals surface area contributed by atoms with Gasteiger partial charge in [-0.25, -0.2) is 10.0 Å². The summed E-state index contributed by atoms with van der Waals surface area (Å²) in [5.74, 6) is 0.136. The van der Waals surface area contributed by atoms with Gasteiger partial charge in [0.2, 0.25) is 0 Å². The van der Waals surface area contributed by atoms with Gasteiger partial charge in [-0.05, 0) is 36.3 Å². The minimum Gasteiger partial charge on any atom is -0.388 e. The SMILES string of the molecule is CN/C(=C\C=N)c1cc(-c2cnc3cccnc3c2)nc2sc(N(O)CCOC)c(C(C)C)c12. The molecule has 0 aromatic carbocycles. The molecule has 9 heteroatoms. The van der Waals surface area contributed by atoms with Crippen molar-refractivity contribution >= 4 is 49.5 Å². The van der Waals surface area contributed by atoms with Gasteiger partial charge in [0.15, 0.2) is 0 Å². The average molecular weight is 477 g/mol. The number of hydrogen-bond acceptors (Lipinski definition) is 9. The van der Waals surface area contributed by atoms with Gasteiger partial charge in [-0.3, -0.25) is 15.2 Å². The van der Waals surface area contributed by atoms with E-state index in [4.69, 9.17) is 15.1 Å². The van der Waals surface area contributed by atoms with E-state index in [0.29, 0.717) is 13.2 Å². The van der Waals surface area contributed by atoms with Crippen LogP contribution in [-0.4, -0.2) is 53.7 Å². The van der Waals surface area contributed by atoms with Crippen LogP contribution in [0.15, 0.2) is 42.7 Å². The molecule has 0 spiro atoms. The van der Waals surface area contributed by atoms with Crippen LogP contribution in [0.3, 0.4) is 0 Å². The fourth-order valence-electron chi connectivity index (χ4n) is 3.96. The lowest BCUT2D eigenvalue weighted by Crippen LogP contribution is -2.23. The summed E-state index contributed by atoms with van der Waals surface area (Å²) in [4.78, 5) is 14.8. The molecule has 0 amide bonds. The Hall–Kier alpha value is -3.40. The van der Waals surface area contributed by atoms with E-state index in [2.05, 4.69) is 29.1 Å². The molecule has 4 heterocycles. The third-order valence-electron chi connectivity index (χ3n) is 5.55. The highest BCUT2D eigenvalue weighted by molar-refractivity contribution is 7.22. The number of rotatable bonds is 9. The molecule has 176 valence electrons. The smallest absolute Gasteiger partial charge is 0.127 e. The molecule has 0 aliphatic heterocycles. The first-order valence-corrected chi connectivity index (χ1v) is 11.8. The van der Waals surface area contributed by atoms with E-state index in [9.17, 15) is 5.21 Å². The molecule has 34 heavy (non-hydrogen) atoms. The molecule has 0 aliphatic rings. The second kappa shape index (κ2) is 10.3. The van der Waals surface area contributed by atoms with Gasteiger partial charge in [0, 0.05) is 60.5 Å². The number of pyridine rings is 3. The van der Waals surface area contributed by atoms with Gasteiger partial charge in [-0.15, -0.1) is 0 Å². The Balaban J connectivity index is 2.00. The second-order valence-corrected chi connectivity index (χ2v) is 9.07. The van der Waals surface area contributed by atoms with Crippen molar-refractivity contribution in [2.45, 2.75) is 19.8 Å². The van der Waals surface area contributed by atoms with Crippen LogP contribution < -0.4 is 10.4 Å². The van der Waals surface area contributed by atoms with Crippen LogP contribution in [0.5, 0.6) is 0 Å². The predicted molar refractivity (Wildman–Crippen MR) is 139 cm³/mol. The largest absolute Gasteiger partial charge is 0.388 e. The maximum absolute atomic E-state index is 10.8. The van der Waals surface area contributed by atoms with Crippen LogP contribution in [-0.2, 0) is 4.74 Å². The highest BCUT2D eigenvalue weighted by Crippen LogP contribution is 2.45. The van der Waals surface area contributed by atoms with Gasteiger partial charge in [0.05, 0.1) is 29.9 Å². The maximum Gasteiger partial charge on any atom is 0.127 e. The number of allylic oxidation sites excluding steroid dienone is 1. The molecule has 0 saturated carbocycles. The minimum absolute atomic E-state index is 0.136. The summed E-state index contributed by atoms with van der Waals surface area (Å²) in [7, 11) is 3.45. The summed E-state index contributed by atoms with van der Waals surface area (Å²) in [5, 5.41) is 24.7. The summed E-state index contributed by atoms with van der Waals surface area (Å²) < 4.78 is 5.16. The molecule has 8 nitrogen and oxygen atoms in total. The van der Waals surface area contributed by atoms with Crippen molar-refractivity contribution in [1.82, 2.24) is 20.3 Å². The molecular formula is C25H28N6O2S. The Morgan fingerprint density at radius 3 is 2.82 bits per heavy atom. The molecule has 0 radical (unpaired) electrons.